The monoisotopic (exact) mass is 300 g/mol. The van der Waals surface area contributed by atoms with E-state index in [2.05, 4.69) is 43.2 Å². The van der Waals surface area contributed by atoms with Gasteiger partial charge in [-0.15, -0.1) is 0 Å². The minimum atomic E-state index is 0.147. The van der Waals surface area contributed by atoms with Gasteiger partial charge in [0.15, 0.2) is 11.5 Å². The maximum atomic E-state index is 5.41. The summed E-state index contributed by atoms with van der Waals surface area (Å²) in [7, 11) is 3.30. The second-order valence-corrected chi connectivity index (χ2v) is 5.70. The summed E-state index contributed by atoms with van der Waals surface area (Å²) in [6.07, 6.45) is 1.82. The van der Waals surface area contributed by atoms with Crippen LogP contribution in [-0.4, -0.2) is 19.2 Å². The molecular weight excluding hydrogens is 276 g/mol. The number of anilines is 1. The first-order chi connectivity index (χ1) is 10.5. The van der Waals surface area contributed by atoms with Crippen molar-refractivity contribution in [3.63, 3.8) is 0 Å². The van der Waals surface area contributed by atoms with Crippen LogP contribution in [0.25, 0.3) is 0 Å². The first kappa shape index (κ1) is 16.1. The number of hydrogen-bond acceptors (Lipinski definition) is 4. The van der Waals surface area contributed by atoms with Gasteiger partial charge in [0.05, 0.1) is 20.3 Å². The van der Waals surface area contributed by atoms with Crippen LogP contribution in [0.2, 0.25) is 0 Å². The third-order valence-corrected chi connectivity index (χ3v) is 3.65. The lowest BCUT2D eigenvalue weighted by Crippen LogP contribution is -2.17. The van der Waals surface area contributed by atoms with Crippen LogP contribution in [0.3, 0.4) is 0 Å². The van der Waals surface area contributed by atoms with E-state index in [1.165, 1.54) is 5.56 Å². The summed E-state index contributed by atoms with van der Waals surface area (Å²) in [6.45, 7) is 6.43. The molecule has 1 N–H and O–H groups in total. The highest BCUT2D eigenvalue weighted by atomic mass is 16.5. The van der Waals surface area contributed by atoms with Crippen molar-refractivity contribution in [2.75, 3.05) is 19.5 Å². The van der Waals surface area contributed by atoms with Gasteiger partial charge in [0.2, 0.25) is 0 Å². The highest BCUT2D eigenvalue weighted by Crippen LogP contribution is 2.33. The van der Waals surface area contributed by atoms with Crippen molar-refractivity contribution in [3.8, 4) is 11.5 Å². The summed E-state index contributed by atoms with van der Waals surface area (Å²) in [5.74, 6) is 2.76. The van der Waals surface area contributed by atoms with Crippen LogP contribution < -0.4 is 14.8 Å². The highest BCUT2D eigenvalue weighted by Gasteiger charge is 2.18. The number of benzene rings is 1. The van der Waals surface area contributed by atoms with Gasteiger partial charge in [0.1, 0.15) is 5.82 Å². The number of methoxy groups -OCH3 is 2. The smallest absolute Gasteiger partial charge is 0.161 e. The van der Waals surface area contributed by atoms with Crippen LogP contribution in [0.15, 0.2) is 36.5 Å². The van der Waals surface area contributed by atoms with Crippen LogP contribution in [-0.2, 0) is 0 Å². The predicted molar refractivity (Wildman–Crippen MR) is 89.7 cm³/mol. The van der Waals surface area contributed by atoms with Crippen molar-refractivity contribution < 1.29 is 9.47 Å². The Kier molecular flexibility index (Phi) is 5.26. The SMILES string of the molecule is COc1ccc(C(Nc2cc(C)ccn2)C(C)C)cc1OC. The molecule has 0 aliphatic heterocycles. The van der Waals surface area contributed by atoms with Crippen LogP contribution in [0.4, 0.5) is 5.82 Å². The van der Waals surface area contributed by atoms with Crippen molar-refractivity contribution in [1.29, 1.82) is 0 Å². The van der Waals surface area contributed by atoms with E-state index in [4.69, 9.17) is 9.47 Å². The van der Waals surface area contributed by atoms with Crippen LogP contribution >= 0.6 is 0 Å². The van der Waals surface area contributed by atoms with Crippen molar-refractivity contribution in [2.24, 2.45) is 5.92 Å². The summed E-state index contributed by atoms with van der Waals surface area (Å²) in [6, 6.07) is 10.2. The van der Waals surface area contributed by atoms with E-state index >= 15 is 0 Å². The average Bonchev–Trinajstić information content (AvgIpc) is 2.51. The van der Waals surface area contributed by atoms with Gasteiger partial charge in [-0.05, 0) is 48.2 Å². The molecule has 1 heterocycles. The van der Waals surface area contributed by atoms with Crippen LogP contribution in [0.5, 0.6) is 11.5 Å². The van der Waals surface area contributed by atoms with Gasteiger partial charge < -0.3 is 14.8 Å². The van der Waals surface area contributed by atoms with E-state index in [0.29, 0.717) is 5.92 Å². The Morgan fingerprint density at radius 2 is 1.73 bits per heavy atom. The van der Waals surface area contributed by atoms with Gasteiger partial charge in [-0.2, -0.15) is 0 Å². The zero-order valence-corrected chi connectivity index (χ0v) is 13.9. The highest BCUT2D eigenvalue weighted by molar-refractivity contribution is 5.47. The standard InChI is InChI=1S/C18H24N2O2/c1-12(2)18(20-17-10-13(3)8-9-19-17)14-6-7-15(21-4)16(11-14)22-5/h6-12,18H,1-5H3,(H,19,20). The molecule has 0 saturated carbocycles. The Labute approximate surface area is 132 Å². The third kappa shape index (κ3) is 3.70. The fourth-order valence-corrected chi connectivity index (χ4v) is 2.46. The quantitative estimate of drug-likeness (QED) is 0.867. The summed E-state index contributed by atoms with van der Waals surface area (Å²) in [4.78, 5) is 4.40. The molecule has 0 amide bonds. The largest absolute Gasteiger partial charge is 0.493 e. The summed E-state index contributed by atoms with van der Waals surface area (Å²) >= 11 is 0. The van der Waals surface area contributed by atoms with Crippen molar-refractivity contribution in [3.05, 3.63) is 47.7 Å². The third-order valence-electron chi connectivity index (χ3n) is 3.65. The van der Waals surface area contributed by atoms with Gasteiger partial charge in [-0.1, -0.05) is 19.9 Å². The Morgan fingerprint density at radius 3 is 2.32 bits per heavy atom. The van der Waals surface area contributed by atoms with E-state index < -0.39 is 0 Å². The molecule has 0 aliphatic rings. The number of aromatic nitrogens is 1. The molecule has 0 aliphatic carbocycles. The normalized spacial score (nSPS) is 12.1. The molecule has 118 valence electrons. The number of rotatable bonds is 6. The number of ether oxygens (including phenoxy) is 2. The Morgan fingerprint density at radius 1 is 1.00 bits per heavy atom. The molecule has 1 aromatic heterocycles. The van der Waals surface area contributed by atoms with E-state index in [1.807, 2.05) is 24.4 Å². The van der Waals surface area contributed by atoms with Crippen LogP contribution in [0.1, 0.15) is 31.0 Å². The number of nitrogens with zero attached hydrogens (tertiary/aromatic N) is 1. The predicted octanol–water partition coefficient (Wildman–Crippen LogP) is 4.22. The van der Waals surface area contributed by atoms with Crippen LogP contribution in [0, 0.1) is 12.8 Å². The van der Waals surface area contributed by atoms with Gasteiger partial charge in [0, 0.05) is 6.20 Å². The second-order valence-electron chi connectivity index (χ2n) is 5.70. The molecule has 1 unspecified atom stereocenters. The molecule has 0 saturated heterocycles. The molecule has 4 heteroatoms. The average molecular weight is 300 g/mol. The van der Waals surface area contributed by atoms with Gasteiger partial charge >= 0.3 is 0 Å². The molecular formula is C18H24N2O2. The molecule has 22 heavy (non-hydrogen) atoms. The van der Waals surface area contributed by atoms with Gasteiger partial charge in [-0.3, -0.25) is 0 Å². The summed E-state index contributed by atoms with van der Waals surface area (Å²) in [5, 5.41) is 3.52. The first-order valence-corrected chi connectivity index (χ1v) is 7.46. The van der Waals surface area contributed by atoms with Gasteiger partial charge in [-0.25, -0.2) is 4.98 Å². The molecule has 1 atom stereocenters. The number of aryl methyl sites for hydroxylation is 1. The zero-order valence-electron chi connectivity index (χ0n) is 13.9. The maximum Gasteiger partial charge on any atom is 0.161 e. The second kappa shape index (κ2) is 7.16. The molecule has 1 aromatic carbocycles. The molecule has 4 nitrogen and oxygen atoms in total. The lowest BCUT2D eigenvalue weighted by Gasteiger charge is -2.24. The maximum absolute atomic E-state index is 5.41. The van der Waals surface area contributed by atoms with E-state index in [-0.39, 0.29) is 6.04 Å². The van der Waals surface area contributed by atoms with E-state index in [9.17, 15) is 0 Å². The fraction of sp³-hybridized carbons (Fsp3) is 0.389. The van der Waals surface area contributed by atoms with Crippen molar-refractivity contribution >= 4 is 5.82 Å². The summed E-state index contributed by atoms with van der Waals surface area (Å²) < 4.78 is 10.7. The van der Waals surface area contributed by atoms with Gasteiger partial charge in [0.25, 0.3) is 0 Å². The number of pyridine rings is 1. The lowest BCUT2D eigenvalue weighted by atomic mass is 9.95. The molecule has 2 aromatic rings. The molecule has 2 rings (SSSR count). The zero-order chi connectivity index (χ0) is 16.1. The molecule has 0 fully saturated rings. The topological polar surface area (TPSA) is 43.4 Å². The Balaban J connectivity index is 2.32. The van der Waals surface area contributed by atoms with E-state index in [0.717, 1.165) is 22.9 Å². The summed E-state index contributed by atoms with van der Waals surface area (Å²) in [5.41, 5.74) is 2.34. The Bertz CT molecular complexity index is 626. The molecule has 0 radical (unpaired) electrons. The first-order valence-electron chi connectivity index (χ1n) is 7.46. The minimum Gasteiger partial charge on any atom is -0.493 e. The fourth-order valence-electron chi connectivity index (χ4n) is 2.46. The number of hydrogen-bond donors (Lipinski definition) is 1. The van der Waals surface area contributed by atoms with E-state index in [1.54, 1.807) is 14.2 Å². The minimum absolute atomic E-state index is 0.147. The van der Waals surface area contributed by atoms with Crippen molar-refractivity contribution in [2.45, 2.75) is 26.8 Å². The Hall–Kier alpha value is -2.23. The van der Waals surface area contributed by atoms with Crippen molar-refractivity contribution in [1.82, 2.24) is 4.98 Å². The number of nitrogens with one attached hydrogen (secondary N) is 1. The molecule has 0 bridgehead atoms. The molecule has 0 spiro atoms. The lowest BCUT2D eigenvalue weighted by molar-refractivity contribution is 0.354.